The van der Waals surface area contributed by atoms with Crippen molar-refractivity contribution < 1.29 is 9.52 Å². The van der Waals surface area contributed by atoms with Gasteiger partial charge in [-0.1, -0.05) is 0 Å². The Hall–Kier alpha value is -1.59. The van der Waals surface area contributed by atoms with E-state index in [4.69, 9.17) is 9.52 Å². The molecule has 2 aromatic heterocycles. The number of nitrogens with one attached hydrogen (secondary N) is 1. The van der Waals surface area contributed by atoms with Crippen LogP contribution in [0, 0.1) is 0 Å². The third kappa shape index (κ3) is 3.68. The second kappa shape index (κ2) is 7.11. The maximum Gasteiger partial charge on any atom is 0.133 e. The van der Waals surface area contributed by atoms with Crippen molar-refractivity contribution in [2.24, 2.45) is 7.05 Å². The summed E-state index contributed by atoms with van der Waals surface area (Å²) in [6.07, 6.45) is 8.31. The fraction of sp³-hybridized carbons (Fsp3) is 0.500. The van der Waals surface area contributed by atoms with E-state index < -0.39 is 0 Å². The van der Waals surface area contributed by atoms with Crippen molar-refractivity contribution >= 4 is 0 Å². The normalized spacial score (nSPS) is 12.7. The SMILES string of the molecule is Cn1ccnc1C(NCCCCCO)c1ccco1. The fourth-order valence-corrected chi connectivity index (χ4v) is 2.09. The van der Waals surface area contributed by atoms with Crippen LogP contribution in [0.4, 0.5) is 0 Å². The lowest BCUT2D eigenvalue weighted by Gasteiger charge is -2.16. The number of hydrogen-bond acceptors (Lipinski definition) is 4. The molecular weight excluding hydrogens is 242 g/mol. The number of nitrogens with zero attached hydrogens (tertiary/aromatic N) is 2. The molecule has 2 heterocycles. The first-order chi connectivity index (χ1) is 9.33. The standard InChI is InChI=1S/C14H21N3O2/c1-17-9-8-16-14(17)13(12-6-5-11-19-12)15-7-3-2-4-10-18/h5-6,8-9,11,13,15,18H,2-4,7,10H2,1H3. The van der Waals surface area contributed by atoms with Gasteiger partial charge < -0.3 is 19.4 Å². The van der Waals surface area contributed by atoms with Gasteiger partial charge in [-0.25, -0.2) is 4.98 Å². The molecule has 2 aromatic rings. The molecule has 0 saturated heterocycles. The first kappa shape index (κ1) is 13.8. The average molecular weight is 263 g/mol. The molecular formula is C14H21N3O2. The predicted octanol–water partition coefficient (Wildman–Crippen LogP) is 1.85. The maximum absolute atomic E-state index is 8.76. The van der Waals surface area contributed by atoms with E-state index in [1.54, 1.807) is 12.5 Å². The van der Waals surface area contributed by atoms with Gasteiger partial charge in [-0.3, -0.25) is 0 Å². The first-order valence-electron chi connectivity index (χ1n) is 6.68. The number of hydrogen-bond donors (Lipinski definition) is 2. The summed E-state index contributed by atoms with van der Waals surface area (Å²) >= 11 is 0. The zero-order chi connectivity index (χ0) is 13.5. The molecule has 5 nitrogen and oxygen atoms in total. The van der Waals surface area contributed by atoms with Gasteiger partial charge in [0.15, 0.2) is 0 Å². The third-order valence-electron chi connectivity index (χ3n) is 3.13. The monoisotopic (exact) mass is 263 g/mol. The number of rotatable bonds is 8. The minimum atomic E-state index is -0.0240. The second-order valence-electron chi connectivity index (χ2n) is 4.58. The lowest BCUT2D eigenvalue weighted by Crippen LogP contribution is -2.25. The molecule has 0 aliphatic heterocycles. The van der Waals surface area contributed by atoms with Gasteiger partial charge in [-0.2, -0.15) is 0 Å². The molecule has 0 radical (unpaired) electrons. The van der Waals surface area contributed by atoms with Gasteiger partial charge in [-0.15, -0.1) is 0 Å². The van der Waals surface area contributed by atoms with Crippen LogP contribution in [-0.2, 0) is 7.05 Å². The van der Waals surface area contributed by atoms with E-state index in [9.17, 15) is 0 Å². The molecule has 104 valence electrons. The molecule has 0 fully saturated rings. The molecule has 1 atom stereocenters. The van der Waals surface area contributed by atoms with Crippen molar-refractivity contribution in [1.82, 2.24) is 14.9 Å². The highest BCUT2D eigenvalue weighted by atomic mass is 16.3. The Morgan fingerprint density at radius 1 is 1.42 bits per heavy atom. The molecule has 0 aliphatic carbocycles. The lowest BCUT2D eigenvalue weighted by atomic mass is 10.2. The summed E-state index contributed by atoms with van der Waals surface area (Å²) in [5.41, 5.74) is 0. The maximum atomic E-state index is 8.76. The summed E-state index contributed by atoms with van der Waals surface area (Å²) in [6, 6.07) is 3.82. The van der Waals surface area contributed by atoms with E-state index in [1.807, 2.05) is 29.9 Å². The zero-order valence-corrected chi connectivity index (χ0v) is 11.2. The van der Waals surface area contributed by atoms with Gasteiger partial charge in [0.2, 0.25) is 0 Å². The van der Waals surface area contributed by atoms with Gasteiger partial charge in [0, 0.05) is 26.0 Å². The van der Waals surface area contributed by atoms with Crippen molar-refractivity contribution in [3.63, 3.8) is 0 Å². The molecule has 5 heteroatoms. The Balaban J connectivity index is 1.98. The Labute approximate surface area is 113 Å². The van der Waals surface area contributed by atoms with Crippen LogP contribution >= 0.6 is 0 Å². The van der Waals surface area contributed by atoms with Crippen LogP contribution in [0.2, 0.25) is 0 Å². The number of aliphatic hydroxyl groups is 1. The number of imidazole rings is 1. The number of aryl methyl sites for hydroxylation is 1. The van der Waals surface area contributed by atoms with E-state index in [0.717, 1.165) is 37.4 Å². The van der Waals surface area contributed by atoms with E-state index in [2.05, 4.69) is 10.3 Å². The Morgan fingerprint density at radius 3 is 2.95 bits per heavy atom. The van der Waals surface area contributed by atoms with E-state index in [1.165, 1.54) is 0 Å². The van der Waals surface area contributed by atoms with Crippen molar-refractivity contribution in [2.45, 2.75) is 25.3 Å². The quantitative estimate of drug-likeness (QED) is 0.714. The summed E-state index contributed by atoms with van der Waals surface area (Å²) in [6.45, 7) is 1.14. The van der Waals surface area contributed by atoms with E-state index >= 15 is 0 Å². The molecule has 0 spiro atoms. The molecule has 0 aromatic carbocycles. The van der Waals surface area contributed by atoms with Crippen molar-refractivity contribution in [3.05, 3.63) is 42.4 Å². The van der Waals surface area contributed by atoms with Crippen LogP contribution in [0.15, 0.2) is 35.2 Å². The van der Waals surface area contributed by atoms with Gasteiger partial charge in [-0.05, 0) is 37.9 Å². The number of unbranched alkanes of at least 4 members (excludes halogenated alkanes) is 2. The third-order valence-corrected chi connectivity index (χ3v) is 3.13. The summed E-state index contributed by atoms with van der Waals surface area (Å²) in [7, 11) is 1.98. The second-order valence-corrected chi connectivity index (χ2v) is 4.58. The molecule has 2 N–H and O–H groups in total. The van der Waals surface area contributed by atoms with Crippen LogP contribution < -0.4 is 5.32 Å². The van der Waals surface area contributed by atoms with Gasteiger partial charge in [0.25, 0.3) is 0 Å². The average Bonchev–Trinajstić information content (AvgIpc) is 3.06. The highest BCUT2D eigenvalue weighted by molar-refractivity contribution is 5.15. The number of aliphatic hydroxyl groups excluding tert-OH is 1. The largest absolute Gasteiger partial charge is 0.467 e. The number of aromatic nitrogens is 2. The molecule has 0 aliphatic rings. The topological polar surface area (TPSA) is 63.2 Å². The van der Waals surface area contributed by atoms with E-state index in [0.29, 0.717) is 0 Å². The highest BCUT2D eigenvalue weighted by Crippen LogP contribution is 2.20. The van der Waals surface area contributed by atoms with Crippen molar-refractivity contribution in [3.8, 4) is 0 Å². The molecule has 19 heavy (non-hydrogen) atoms. The zero-order valence-electron chi connectivity index (χ0n) is 11.2. The summed E-state index contributed by atoms with van der Waals surface area (Å²) < 4.78 is 7.49. The molecule has 0 amide bonds. The fourth-order valence-electron chi connectivity index (χ4n) is 2.09. The van der Waals surface area contributed by atoms with Gasteiger partial charge in [0.05, 0.1) is 6.26 Å². The summed E-state index contributed by atoms with van der Waals surface area (Å²) in [4.78, 5) is 4.39. The molecule has 0 saturated carbocycles. The minimum absolute atomic E-state index is 0.0240. The summed E-state index contributed by atoms with van der Waals surface area (Å²) in [5, 5.41) is 12.2. The lowest BCUT2D eigenvalue weighted by molar-refractivity contribution is 0.282. The van der Waals surface area contributed by atoms with Gasteiger partial charge in [0.1, 0.15) is 17.6 Å². The Morgan fingerprint density at radius 2 is 2.32 bits per heavy atom. The van der Waals surface area contributed by atoms with Crippen LogP contribution in [0.3, 0.4) is 0 Å². The Bertz CT molecular complexity index is 465. The first-order valence-corrected chi connectivity index (χ1v) is 6.68. The van der Waals surface area contributed by atoms with Gasteiger partial charge >= 0.3 is 0 Å². The molecule has 2 rings (SSSR count). The molecule has 1 unspecified atom stereocenters. The van der Waals surface area contributed by atoms with Crippen LogP contribution in [0.1, 0.15) is 36.9 Å². The van der Waals surface area contributed by atoms with E-state index in [-0.39, 0.29) is 12.6 Å². The van der Waals surface area contributed by atoms with Crippen molar-refractivity contribution in [2.75, 3.05) is 13.2 Å². The highest BCUT2D eigenvalue weighted by Gasteiger charge is 2.19. The van der Waals surface area contributed by atoms with Crippen LogP contribution in [0.5, 0.6) is 0 Å². The minimum Gasteiger partial charge on any atom is -0.467 e. The predicted molar refractivity (Wildman–Crippen MR) is 72.7 cm³/mol. The van der Waals surface area contributed by atoms with Crippen LogP contribution in [0.25, 0.3) is 0 Å². The van der Waals surface area contributed by atoms with Crippen LogP contribution in [-0.4, -0.2) is 27.8 Å². The number of furan rings is 1. The Kier molecular flexibility index (Phi) is 5.18. The summed E-state index contributed by atoms with van der Waals surface area (Å²) in [5.74, 6) is 1.81. The van der Waals surface area contributed by atoms with Crippen molar-refractivity contribution in [1.29, 1.82) is 0 Å². The molecule has 0 bridgehead atoms. The smallest absolute Gasteiger partial charge is 0.133 e.